The van der Waals surface area contributed by atoms with Crippen molar-refractivity contribution in [2.24, 2.45) is 5.92 Å². The third kappa shape index (κ3) is 5.92. The fraction of sp³-hybridized carbons (Fsp3) is 0.846. The summed E-state index contributed by atoms with van der Waals surface area (Å²) in [4.78, 5) is 23.0. The molecule has 1 saturated heterocycles. The number of hydrogen-bond donors (Lipinski definition) is 2. The number of amides is 1. The molecule has 0 radical (unpaired) electrons. The first kappa shape index (κ1) is 15.8. The Morgan fingerprint density at radius 3 is 2.58 bits per heavy atom. The Balaban J connectivity index is 2.61. The number of carboxylic acids is 1. The first-order valence-electron chi connectivity index (χ1n) is 6.59. The number of carboxylic acid groups (broad SMARTS) is 1. The highest BCUT2D eigenvalue weighted by Crippen LogP contribution is 2.20. The molecule has 0 unspecified atom stereocenters. The quantitative estimate of drug-likeness (QED) is 0.818. The van der Waals surface area contributed by atoms with Crippen LogP contribution in [0.1, 0.15) is 40.0 Å². The summed E-state index contributed by atoms with van der Waals surface area (Å²) in [6.07, 6.45) is 1.48. The molecule has 1 heterocycles. The summed E-state index contributed by atoms with van der Waals surface area (Å²) in [5, 5.41) is 11.7. The van der Waals surface area contributed by atoms with Gasteiger partial charge in [-0.15, -0.1) is 0 Å². The zero-order valence-corrected chi connectivity index (χ0v) is 11.8. The number of rotatable bonds is 3. The Morgan fingerprint density at radius 2 is 2.00 bits per heavy atom. The van der Waals surface area contributed by atoms with E-state index in [9.17, 15) is 14.7 Å². The van der Waals surface area contributed by atoms with Crippen LogP contribution in [0.15, 0.2) is 0 Å². The van der Waals surface area contributed by atoms with E-state index in [1.165, 1.54) is 0 Å². The average molecular weight is 273 g/mol. The van der Waals surface area contributed by atoms with Gasteiger partial charge in [-0.1, -0.05) is 0 Å². The largest absolute Gasteiger partial charge is 0.480 e. The predicted molar refractivity (Wildman–Crippen MR) is 69.0 cm³/mol. The van der Waals surface area contributed by atoms with Gasteiger partial charge in [0.15, 0.2) is 0 Å². The van der Waals surface area contributed by atoms with Crippen LogP contribution in [0.4, 0.5) is 4.79 Å². The molecule has 6 nitrogen and oxygen atoms in total. The molecule has 1 amide bonds. The first-order chi connectivity index (χ1) is 8.79. The van der Waals surface area contributed by atoms with Gasteiger partial charge in [0, 0.05) is 13.2 Å². The molecule has 0 saturated carbocycles. The van der Waals surface area contributed by atoms with Gasteiger partial charge in [-0.3, -0.25) is 0 Å². The SMILES string of the molecule is CC(C)(C)OC(=O)N[C@@H](C(=O)O)[C@H]1CCCOCC1. The van der Waals surface area contributed by atoms with Crippen LogP contribution < -0.4 is 5.32 Å². The highest BCUT2D eigenvalue weighted by molar-refractivity contribution is 5.80. The number of aliphatic carboxylic acids is 1. The minimum atomic E-state index is -1.03. The van der Waals surface area contributed by atoms with E-state index in [1.54, 1.807) is 20.8 Å². The fourth-order valence-electron chi connectivity index (χ4n) is 2.08. The lowest BCUT2D eigenvalue weighted by Crippen LogP contribution is -2.47. The average Bonchev–Trinajstić information content (AvgIpc) is 2.51. The summed E-state index contributed by atoms with van der Waals surface area (Å²) >= 11 is 0. The van der Waals surface area contributed by atoms with Crippen LogP contribution in [-0.2, 0) is 14.3 Å². The van der Waals surface area contributed by atoms with E-state index in [4.69, 9.17) is 9.47 Å². The smallest absolute Gasteiger partial charge is 0.408 e. The molecule has 19 heavy (non-hydrogen) atoms. The molecule has 0 bridgehead atoms. The molecule has 110 valence electrons. The van der Waals surface area contributed by atoms with Crippen LogP contribution in [0.25, 0.3) is 0 Å². The van der Waals surface area contributed by atoms with Crippen molar-refractivity contribution in [1.82, 2.24) is 5.32 Å². The molecule has 1 fully saturated rings. The number of nitrogens with one attached hydrogen (secondary N) is 1. The molecule has 6 heteroatoms. The molecule has 2 atom stereocenters. The molecule has 0 aliphatic carbocycles. The Bertz CT molecular complexity index is 315. The monoisotopic (exact) mass is 273 g/mol. The third-order valence-corrected chi connectivity index (χ3v) is 2.91. The molecule has 0 spiro atoms. The zero-order valence-electron chi connectivity index (χ0n) is 11.8. The van der Waals surface area contributed by atoms with E-state index >= 15 is 0 Å². The maximum atomic E-state index is 11.7. The lowest BCUT2D eigenvalue weighted by atomic mass is 9.92. The first-order valence-corrected chi connectivity index (χ1v) is 6.59. The van der Waals surface area contributed by atoms with Gasteiger partial charge in [-0.05, 0) is 46.0 Å². The van der Waals surface area contributed by atoms with Crippen LogP contribution in [0.5, 0.6) is 0 Å². The minimum absolute atomic E-state index is 0.118. The van der Waals surface area contributed by atoms with Crippen molar-refractivity contribution in [2.75, 3.05) is 13.2 Å². The molecule has 0 aromatic heterocycles. The highest BCUT2D eigenvalue weighted by atomic mass is 16.6. The van der Waals surface area contributed by atoms with Crippen LogP contribution >= 0.6 is 0 Å². The summed E-state index contributed by atoms with van der Waals surface area (Å²) in [5.41, 5.74) is -0.639. The van der Waals surface area contributed by atoms with Gasteiger partial charge in [-0.2, -0.15) is 0 Å². The van der Waals surface area contributed by atoms with Gasteiger partial charge < -0.3 is 19.9 Å². The van der Waals surface area contributed by atoms with E-state index in [2.05, 4.69) is 5.32 Å². The van der Waals surface area contributed by atoms with E-state index in [0.29, 0.717) is 19.6 Å². The van der Waals surface area contributed by atoms with Gasteiger partial charge >= 0.3 is 12.1 Å². The summed E-state index contributed by atoms with van der Waals surface area (Å²) in [5.74, 6) is -1.15. The number of alkyl carbamates (subject to hydrolysis) is 1. The number of carbonyl (C=O) groups is 2. The Labute approximate surface area is 113 Å². The van der Waals surface area contributed by atoms with E-state index < -0.39 is 23.7 Å². The summed E-state index contributed by atoms with van der Waals surface area (Å²) in [6.45, 7) is 6.39. The lowest BCUT2D eigenvalue weighted by molar-refractivity contribution is -0.141. The summed E-state index contributed by atoms with van der Waals surface area (Å²) in [6, 6.07) is -0.920. The second-order valence-corrected chi connectivity index (χ2v) is 5.77. The van der Waals surface area contributed by atoms with Crippen LogP contribution in [0, 0.1) is 5.92 Å². The van der Waals surface area contributed by atoms with Crippen molar-refractivity contribution >= 4 is 12.1 Å². The number of carbonyl (C=O) groups excluding carboxylic acids is 1. The van der Waals surface area contributed by atoms with E-state index in [0.717, 1.165) is 12.8 Å². The Kier molecular flexibility index (Phi) is 5.60. The number of ether oxygens (including phenoxy) is 2. The summed E-state index contributed by atoms with van der Waals surface area (Å²) < 4.78 is 10.4. The predicted octanol–water partition coefficient (Wildman–Crippen LogP) is 1.78. The molecular weight excluding hydrogens is 250 g/mol. The maximum Gasteiger partial charge on any atom is 0.408 e. The molecular formula is C13H23NO5. The van der Waals surface area contributed by atoms with Crippen molar-refractivity contribution in [3.63, 3.8) is 0 Å². The second kappa shape index (κ2) is 6.75. The second-order valence-electron chi connectivity index (χ2n) is 5.77. The van der Waals surface area contributed by atoms with Crippen LogP contribution in [-0.4, -0.2) is 42.0 Å². The van der Waals surface area contributed by atoms with Crippen molar-refractivity contribution in [2.45, 2.75) is 51.7 Å². The molecule has 0 aromatic carbocycles. The van der Waals surface area contributed by atoms with Crippen molar-refractivity contribution < 1.29 is 24.2 Å². The lowest BCUT2D eigenvalue weighted by Gasteiger charge is -2.25. The van der Waals surface area contributed by atoms with Gasteiger partial charge in [-0.25, -0.2) is 9.59 Å². The fourth-order valence-corrected chi connectivity index (χ4v) is 2.08. The molecule has 1 aliphatic heterocycles. The maximum absolute atomic E-state index is 11.7. The molecule has 2 N–H and O–H groups in total. The van der Waals surface area contributed by atoms with Gasteiger partial charge in [0.05, 0.1) is 0 Å². The summed E-state index contributed by atoms with van der Waals surface area (Å²) in [7, 11) is 0. The van der Waals surface area contributed by atoms with Gasteiger partial charge in [0.1, 0.15) is 11.6 Å². The highest BCUT2D eigenvalue weighted by Gasteiger charge is 2.31. The molecule has 1 rings (SSSR count). The van der Waals surface area contributed by atoms with Crippen LogP contribution in [0.2, 0.25) is 0 Å². The van der Waals surface area contributed by atoms with Crippen molar-refractivity contribution in [3.05, 3.63) is 0 Å². The van der Waals surface area contributed by atoms with Gasteiger partial charge in [0.25, 0.3) is 0 Å². The molecule has 0 aromatic rings. The van der Waals surface area contributed by atoms with E-state index in [1.807, 2.05) is 0 Å². The molecule has 1 aliphatic rings. The number of hydrogen-bond acceptors (Lipinski definition) is 4. The Morgan fingerprint density at radius 1 is 1.32 bits per heavy atom. The Hall–Kier alpha value is -1.30. The minimum Gasteiger partial charge on any atom is -0.480 e. The van der Waals surface area contributed by atoms with Crippen molar-refractivity contribution in [3.8, 4) is 0 Å². The topological polar surface area (TPSA) is 84.9 Å². The van der Waals surface area contributed by atoms with E-state index in [-0.39, 0.29) is 5.92 Å². The zero-order chi connectivity index (χ0) is 14.5. The van der Waals surface area contributed by atoms with Crippen molar-refractivity contribution in [1.29, 1.82) is 0 Å². The van der Waals surface area contributed by atoms with Crippen LogP contribution in [0.3, 0.4) is 0 Å². The standard InChI is InChI=1S/C13H23NO5/c1-13(2,3)19-12(17)14-10(11(15)16)9-5-4-7-18-8-6-9/h9-10H,4-8H2,1-3H3,(H,14,17)(H,15,16)/t9-,10+/m0/s1. The van der Waals surface area contributed by atoms with Gasteiger partial charge in [0.2, 0.25) is 0 Å². The normalized spacial score (nSPS) is 22.2. The third-order valence-electron chi connectivity index (χ3n) is 2.91.